The Kier molecular flexibility index (Phi) is 3.93. The summed E-state index contributed by atoms with van der Waals surface area (Å²) in [5.74, 6) is -0.571. The van der Waals surface area contributed by atoms with Gasteiger partial charge in [0.25, 0.3) is 0 Å². The monoisotopic (exact) mass is 296 g/mol. The van der Waals surface area contributed by atoms with Gasteiger partial charge in [-0.3, -0.25) is 0 Å². The first kappa shape index (κ1) is 13.6. The normalized spacial score (nSPS) is 10.3. The van der Waals surface area contributed by atoms with Crippen molar-refractivity contribution in [1.29, 1.82) is 0 Å². The van der Waals surface area contributed by atoms with Gasteiger partial charge >= 0.3 is 5.97 Å². The third kappa shape index (κ3) is 2.80. The van der Waals surface area contributed by atoms with E-state index in [4.69, 9.17) is 28.9 Å². The van der Waals surface area contributed by atoms with E-state index in [1.165, 1.54) is 13.3 Å². The number of hydrogen-bond acceptors (Lipinski definition) is 4. The van der Waals surface area contributed by atoms with Gasteiger partial charge in [0.1, 0.15) is 0 Å². The topological polar surface area (TPSA) is 65.2 Å². The van der Waals surface area contributed by atoms with E-state index in [2.05, 4.69) is 9.72 Å². The van der Waals surface area contributed by atoms with Gasteiger partial charge in [-0.25, -0.2) is 9.78 Å². The number of nitrogen functional groups attached to an aromatic ring is 1. The Morgan fingerprint density at radius 2 is 1.95 bits per heavy atom. The molecule has 0 atom stereocenters. The molecule has 0 fully saturated rings. The highest BCUT2D eigenvalue weighted by Gasteiger charge is 2.13. The fourth-order valence-corrected chi connectivity index (χ4v) is 1.88. The van der Waals surface area contributed by atoms with Crippen molar-refractivity contribution in [2.24, 2.45) is 0 Å². The van der Waals surface area contributed by atoms with Crippen molar-refractivity contribution in [2.75, 3.05) is 12.8 Å². The lowest BCUT2D eigenvalue weighted by molar-refractivity contribution is 0.0595. The molecule has 2 aromatic rings. The molecule has 0 amide bonds. The van der Waals surface area contributed by atoms with Crippen molar-refractivity contribution in [3.05, 3.63) is 46.2 Å². The van der Waals surface area contributed by atoms with Crippen molar-refractivity contribution in [2.45, 2.75) is 0 Å². The predicted molar refractivity (Wildman–Crippen MR) is 75.4 cm³/mol. The van der Waals surface area contributed by atoms with E-state index in [9.17, 15) is 4.79 Å². The number of aromatic nitrogens is 1. The number of nitrogens with zero attached hydrogens (tertiary/aromatic N) is 1. The number of nitrogens with two attached hydrogens (primary N) is 1. The van der Waals surface area contributed by atoms with E-state index in [0.717, 1.165) is 11.1 Å². The second-order valence-electron chi connectivity index (χ2n) is 3.78. The number of methoxy groups -OCH3 is 1. The molecule has 6 heteroatoms. The van der Waals surface area contributed by atoms with Gasteiger partial charge in [-0.2, -0.15) is 0 Å². The highest BCUT2D eigenvalue weighted by molar-refractivity contribution is 6.42. The summed E-state index contributed by atoms with van der Waals surface area (Å²) >= 11 is 11.8. The number of rotatable bonds is 2. The molecule has 1 aromatic carbocycles. The lowest BCUT2D eigenvalue weighted by Crippen LogP contribution is -2.08. The number of carbonyl (C=O) groups is 1. The summed E-state index contributed by atoms with van der Waals surface area (Å²) in [4.78, 5) is 15.4. The van der Waals surface area contributed by atoms with E-state index >= 15 is 0 Å². The average molecular weight is 297 g/mol. The minimum absolute atomic E-state index is 0.0892. The van der Waals surface area contributed by atoms with Gasteiger partial charge in [-0.05, 0) is 23.8 Å². The molecule has 0 aliphatic heterocycles. The molecular weight excluding hydrogens is 287 g/mol. The second kappa shape index (κ2) is 5.47. The van der Waals surface area contributed by atoms with Crippen LogP contribution in [-0.2, 0) is 4.74 Å². The van der Waals surface area contributed by atoms with Gasteiger partial charge in [0.05, 0.1) is 22.8 Å². The number of benzene rings is 1. The SMILES string of the molecule is COC(=O)c1ncc(-c2ccc(Cl)c(Cl)c2)cc1N. The van der Waals surface area contributed by atoms with Gasteiger partial charge < -0.3 is 10.5 Å². The third-order valence-electron chi connectivity index (χ3n) is 2.55. The van der Waals surface area contributed by atoms with Gasteiger partial charge in [0.15, 0.2) is 5.69 Å². The molecule has 4 nitrogen and oxygen atoms in total. The maximum absolute atomic E-state index is 11.4. The first-order chi connectivity index (χ1) is 9.02. The van der Waals surface area contributed by atoms with Crippen molar-refractivity contribution in [3.8, 4) is 11.1 Å². The van der Waals surface area contributed by atoms with Crippen molar-refractivity contribution in [1.82, 2.24) is 4.98 Å². The first-order valence-electron chi connectivity index (χ1n) is 5.32. The van der Waals surface area contributed by atoms with E-state index in [0.29, 0.717) is 10.0 Å². The smallest absolute Gasteiger partial charge is 0.358 e. The fraction of sp³-hybridized carbons (Fsp3) is 0.0769. The van der Waals surface area contributed by atoms with E-state index in [1.54, 1.807) is 24.3 Å². The standard InChI is InChI=1S/C13H10Cl2N2O2/c1-19-13(18)12-11(16)5-8(6-17-12)7-2-3-9(14)10(15)4-7/h2-6H,16H2,1H3. The average Bonchev–Trinajstić information content (AvgIpc) is 2.41. The summed E-state index contributed by atoms with van der Waals surface area (Å²) in [6.07, 6.45) is 1.53. The van der Waals surface area contributed by atoms with E-state index in [1.807, 2.05) is 0 Å². The van der Waals surface area contributed by atoms with Crippen molar-refractivity contribution < 1.29 is 9.53 Å². The summed E-state index contributed by atoms with van der Waals surface area (Å²) in [6, 6.07) is 6.82. The molecular formula is C13H10Cl2N2O2. The Bertz CT molecular complexity index is 645. The minimum Gasteiger partial charge on any atom is -0.464 e. The van der Waals surface area contributed by atoms with Gasteiger partial charge in [0.2, 0.25) is 0 Å². The lowest BCUT2D eigenvalue weighted by atomic mass is 10.1. The Hall–Kier alpha value is -1.78. The maximum atomic E-state index is 11.4. The Morgan fingerprint density at radius 1 is 1.21 bits per heavy atom. The molecule has 0 spiro atoms. The van der Waals surface area contributed by atoms with Gasteiger partial charge in [-0.15, -0.1) is 0 Å². The number of esters is 1. The minimum atomic E-state index is -0.571. The zero-order valence-electron chi connectivity index (χ0n) is 9.98. The number of pyridine rings is 1. The number of hydrogen-bond donors (Lipinski definition) is 1. The highest BCUT2D eigenvalue weighted by Crippen LogP contribution is 2.29. The molecule has 19 heavy (non-hydrogen) atoms. The quantitative estimate of drug-likeness (QED) is 0.862. The first-order valence-corrected chi connectivity index (χ1v) is 6.07. The molecule has 0 unspecified atom stereocenters. The molecule has 0 aliphatic carbocycles. The van der Waals surface area contributed by atoms with Crippen molar-refractivity contribution >= 4 is 34.9 Å². The van der Waals surface area contributed by atoms with Crippen LogP contribution in [0.4, 0.5) is 5.69 Å². The van der Waals surface area contributed by atoms with Crippen LogP contribution >= 0.6 is 23.2 Å². The number of halogens is 2. The number of carbonyl (C=O) groups excluding carboxylic acids is 1. The zero-order valence-corrected chi connectivity index (χ0v) is 11.5. The van der Waals surface area contributed by atoms with Gasteiger partial charge in [-0.1, -0.05) is 29.3 Å². The second-order valence-corrected chi connectivity index (χ2v) is 4.60. The molecule has 0 saturated carbocycles. The van der Waals surface area contributed by atoms with E-state index < -0.39 is 5.97 Å². The summed E-state index contributed by atoms with van der Waals surface area (Å²) in [6.45, 7) is 0. The van der Waals surface area contributed by atoms with Crippen LogP contribution in [0.2, 0.25) is 10.0 Å². The fourth-order valence-electron chi connectivity index (χ4n) is 1.58. The molecule has 0 saturated heterocycles. The molecule has 0 bridgehead atoms. The molecule has 98 valence electrons. The lowest BCUT2D eigenvalue weighted by Gasteiger charge is -2.07. The number of anilines is 1. The molecule has 0 radical (unpaired) electrons. The van der Waals surface area contributed by atoms with Crippen LogP contribution in [0.3, 0.4) is 0 Å². The van der Waals surface area contributed by atoms with Gasteiger partial charge in [0, 0.05) is 11.8 Å². The van der Waals surface area contributed by atoms with Crippen LogP contribution in [0.25, 0.3) is 11.1 Å². The van der Waals surface area contributed by atoms with Crippen molar-refractivity contribution in [3.63, 3.8) is 0 Å². The van der Waals surface area contributed by atoms with Crippen LogP contribution in [0.5, 0.6) is 0 Å². The Balaban J connectivity index is 2.44. The molecule has 0 aliphatic rings. The summed E-state index contributed by atoms with van der Waals surface area (Å²) in [5, 5.41) is 0.910. The summed E-state index contributed by atoms with van der Waals surface area (Å²) in [5.41, 5.74) is 7.67. The zero-order chi connectivity index (χ0) is 14.0. The Morgan fingerprint density at radius 3 is 2.53 bits per heavy atom. The van der Waals surface area contributed by atoms with Crippen LogP contribution in [0.15, 0.2) is 30.5 Å². The summed E-state index contributed by atoms with van der Waals surface area (Å²) < 4.78 is 4.58. The van der Waals surface area contributed by atoms with Crippen LogP contribution in [0.1, 0.15) is 10.5 Å². The maximum Gasteiger partial charge on any atom is 0.358 e. The summed E-state index contributed by atoms with van der Waals surface area (Å²) in [7, 11) is 1.27. The molecule has 2 N–H and O–H groups in total. The Labute approximate surface area is 120 Å². The largest absolute Gasteiger partial charge is 0.464 e. The predicted octanol–water partition coefficient (Wildman–Crippen LogP) is 3.42. The third-order valence-corrected chi connectivity index (χ3v) is 3.29. The van der Waals surface area contributed by atoms with Crippen LogP contribution in [0, 0.1) is 0 Å². The molecule has 1 heterocycles. The van der Waals surface area contributed by atoms with Crippen LogP contribution in [-0.4, -0.2) is 18.1 Å². The van der Waals surface area contributed by atoms with E-state index in [-0.39, 0.29) is 11.4 Å². The highest BCUT2D eigenvalue weighted by atomic mass is 35.5. The number of ether oxygens (including phenoxy) is 1. The molecule has 1 aromatic heterocycles. The van der Waals surface area contributed by atoms with Crippen LogP contribution < -0.4 is 5.73 Å². The molecule has 2 rings (SSSR count).